The number of para-hydroxylation sites is 1. The van der Waals surface area contributed by atoms with Gasteiger partial charge in [-0.3, -0.25) is 4.79 Å². The maximum atomic E-state index is 12.5. The number of nitrogens with zero attached hydrogens (tertiary/aromatic N) is 2. The molecule has 2 aromatic heterocycles. The van der Waals surface area contributed by atoms with Crippen LogP contribution in [-0.2, 0) is 6.54 Å². The molecule has 156 valence electrons. The molecule has 0 aliphatic heterocycles. The molecule has 2 heterocycles. The molecule has 0 unspecified atom stereocenters. The summed E-state index contributed by atoms with van der Waals surface area (Å²) in [6.45, 7) is 2.16. The van der Waals surface area contributed by atoms with Crippen molar-refractivity contribution in [1.29, 1.82) is 0 Å². The van der Waals surface area contributed by atoms with Gasteiger partial charge in [0.25, 0.3) is 5.56 Å². The molecule has 0 amide bonds. The van der Waals surface area contributed by atoms with Crippen LogP contribution in [0.5, 0.6) is 11.5 Å². The Hall–Kier alpha value is -4.20. The maximum Gasteiger partial charge on any atom is 0.364 e. The third-order valence-corrected chi connectivity index (χ3v) is 4.52. The van der Waals surface area contributed by atoms with Gasteiger partial charge < -0.3 is 13.9 Å². The van der Waals surface area contributed by atoms with Gasteiger partial charge in [0.2, 0.25) is 0 Å². The van der Waals surface area contributed by atoms with Crippen molar-refractivity contribution in [3.05, 3.63) is 98.8 Å². The van der Waals surface area contributed by atoms with E-state index in [9.17, 15) is 14.4 Å². The van der Waals surface area contributed by atoms with Crippen LogP contribution in [0, 0.1) is 6.92 Å². The van der Waals surface area contributed by atoms with Gasteiger partial charge in [-0.25, -0.2) is 14.3 Å². The van der Waals surface area contributed by atoms with Crippen LogP contribution >= 0.6 is 0 Å². The van der Waals surface area contributed by atoms with Crippen molar-refractivity contribution in [2.75, 3.05) is 6.61 Å². The highest BCUT2D eigenvalue weighted by molar-refractivity contribution is 5.89. The van der Waals surface area contributed by atoms with E-state index in [0.717, 1.165) is 15.6 Å². The minimum absolute atomic E-state index is 0.0369. The predicted octanol–water partition coefficient (Wildman–Crippen LogP) is 2.96. The summed E-state index contributed by atoms with van der Waals surface area (Å²) in [5.41, 5.74) is 0.183. The molecule has 2 aromatic carbocycles. The second-order valence-corrected chi connectivity index (χ2v) is 6.74. The molecule has 4 rings (SSSR count). The molecular weight excluding hydrogens is 400 g/mol. The number of fused-ring (bicyclic) bond motifs is 1. The van der Waals surface area contributed by atoms with Crippen LogP contribution < -0.4 is 20.7 Å². The fourth-order valence-electron chi connectivity index (χ4n) is 3.01. The summed E-state index contributed by atoms with van der Waals surface area (Å²) in [6, 6.07) is 17.9. The molecule has 4 aromatic rings. The zero-order chi connectivity index (χ0) is 21.8. The molecule has 0 aliphatic carbocycles. The predicted molar refractivity (Wildman–Crippen MR) is 113 cm³/mol. The number of carbonyl (C=O) groups excluding carboxylic acids is 1. The van der Waals surface area contributed by atoms with E-state index in [1.165, 1.54) is 24.3 Å². The average molecular weight is 418 g/mol. The van der Waals surface area contributed by atoms with Gasteiger partial charge in [-0.05, 0) is 42.8 Å². The molecule has 0 N–H and O–H groups in total. The number of ether oxygens (including phenoxy) is 2. The van der Waals surface area contributed by atoms with Gasteiger partial charge in [-0.1, -0.05) is 18.2 Å². The number of rotatable bonds is 6. The van der Waals surface area contributed by atoms with Crippen LogP contribution in [0.1, 0.15) is 16.1 Å². The molecular formula is C23H18N2O6. The highest BCUT2D eigenvalue weighted by Crippen LogP contribution is 2.22. The maximum absolute atomic E-state index is 12.5. The molecule has 0 saturated heterocycles. The topological polar surface area (TPSA) is 101 Å². The van der Waals surface area contributed by atoms with Crippen molar-refractivity contribution >= 4 is 16.9 Å². The van der Waals surface area contributed by atoms with Crippen molar-refractivity contribution in [2.24, 2.45) is 0 Å². The SMILES string of the molecule is Cc1cc(=O)oc2cc(OC(=O)c3ccc(=O)n(CCOc4ccccc4)n3)ccc12. The van der Waals surface area contributed by atoms with E-state index in [2.05, 4.69) is 5.10 Å². The first-order chi connectivity index (χ1) is 15.0. The zero-order valence-electron chi connectivity index (χ0n) is 16.6. The molecule has 0 radical (unpaired) electrons. The van der Waals surface area contributed by atoms with Gasteiger partial charge in [0.1, 0.15) is 23.7 Å². The standard InChI is InChI=1S/C23H18N2O6/c1-15-13-22(27)31-20-14-17(7-8-18(15)20)30-23(28)19-9-10-21(26)25(24-19)11-12-29-16-5-3-2-4-6-16/h2-10,13-14H,11-12H2,1H3. The molecule has 0 spiro atoms. The first kappa shape index (κ1) is 20.1. The van der Waals surface area contributed by atoms with Crippen LogP contribution in [0.2, 0.25) is 0 Å². The molecule has 8 nitrogen and oxygen atoms in total. The van der Waals surface area contributed by atoms with Crippen molar-refractivity contribution in [3.63, 3.8) is 0 Å². The summed E-state index contributed by atoms with van der Waals surface area (Å²) in [6.07, 6.45) is 0. The smallest absolute Gasteiger partial charge is 0.364 e. The minimum Gasteiger partial charge on any atom is -0.492 e. The minimum atomic E-state index is -0.743. The lowest BCUT2D eigenvalue weighted by Gasteiger charge is -2.09. The highest BCUT2D eigenvalue weighted by Gasteiger charge is 2.14. The van der Waals surface area contributed by atoms with Gasteiger partial charge >= 0.3 is 11.6 Å². The Morgan fingerprint density at radius 1 is 1.00 bits per heavy atom. The van der Waals surface area contributed by atoms with Crippen LogP contribution in [0.25, 0.3) is 11.0 Å². The van der Waals surface area contributed by atoms with Crippen LogP contribution in [0.3, 0.4) is 0 Å². The van der Waals surface area contributed by atoms with Gasteiger partial charge in [0.05, 0.1) is 6.54 Å². The lowest BCUT2D eigenvalue weighted by Crippen LogP contribution is -2.27. The number of aryl methyl sites for hydroxylation is 1. The first-order valence-electron chi connectivity index (χ1n) is 9.52. The molecule has 0 atom stereocenters. The number of aromatic nitrogens is 2. The van der Waals surface area contributed by atoms with Gasteiger partial charge in [0.15, 0.2) is 5.69 Å². The van der Waals surface area contributed by atoms with E-state index < -0.39 is 11.6 Å². The van der Waals surface area contributed by atoms with Crippen molar-refractivity contribution in [1.82, 2.24) is 9.78 Å². The van der Waals surface area contributed by atoms with Crippen molar-refractivity contribution in [3.8, 4) is 11.5 Å². The average Bonchev–Trinajstić information content (AvgIpc) is 2.75. The Morgan fingerprint density at radius 2 is 1.81 bits per heavy atom. The molecule has 0 bridgehead atoms. The Balaban J connectivity index is 1.48. The van der Waals surface area contributed by atoms with Gasteiger partial charge in [0, 0.05) is 23.6 Å². The van der Waals surface area contributed by atoms with Crippen molar-refractivity contribution < 1.29 is 18.7 Å². The van der Waals surface area contributed by atoms with E-state index in [-0.39, 0.29) is 30.2 Å². The number of benzene rings is 2. The fourth-order valence-corrected chi connectivity index (χ4v) is 3.01. The summed E-state index contributed by atoms with van der Waals surface area (Å²) >= 11 is 0. The van der Waals surface area contributed by atoms with Gasteiger partial charge in [-0.2, -0.15) is 5.10 Å². The zero-order valence-corrected chi connectivity index (χ0v) is 16.6. The van der Waals surface area contributed by atoms with Gasteiger partial charge in [-0.15, -0.1) is 0 Å². The van der Waals surface area contributed by atoms with E-state index >= 15 is 0 Å². The third-order valence-electron chi connectivity index (χ3n) is 4.52. The number of hydrogen-bond acceptors (Lipinski definition) is 7. The third kappa shape index (κ3) is 4.69. The van der Waals surface area contributed by atoms with E-state index in [1.807, 2.05) is 18.2 Å². The van der Waals surface area contributed by atoms with E-state index in [0.29, 0.717) is 11.3 Å². The first-order valence-corrected chi connectivity index (χ1v) is 9.52. The summed E-state index contributed by atoms with van der Waals surface area (Å²) in [7, 11) is 0. The quantitative estimate of drug-likeness (QED) is 0.270. The molecule has 31 heavy (non-hydrogen) atoms. The summed E-state index contributed by atoms with van der Waals surface area (Å²) in [5, 5.41) is 4.81. The molecule has 0 saturated carbocycles. The second-order valence-electron chi connectivity index (χ2n) is 6.74. The fraction of sp³-hybridized carbons (Fsp3) is 0.130. The Bertz CT molecular complexity index is 1360. The summed E-state index contributed by atoms with van der Waals surface area (Å²) in [5.74, 6) is 0.120. The monoisotopic (exact) mass is 418 g/mol. The molecule has 0 fully saturated rings. The Labute approximate surface area is 176 Å². The Kier molecular flexibility index (Phi) is 5.61. The van der Waals surface area contributed by atoms with Crippen LogP contribution in [0.4, 0.5) is 0 Å². The second kappa shape index (κ2) is 8.66. The Morgan fingerprint density at radius 3 is 2.61 bits per heavy atom. The van der Waals surface area contributed by atoms with E-state index in [4.69, 9.17) is 13.9 Å². The molecule has 0 aliphatic rings. The van der Waals surface area contributed by atoms with Crippen LogP contribution in [-0.4, -0.2) is 22.4 Å². The summed E-state index contributed by atoms with van der Waals surface area (Å²) in [4.78, 5) is 36.2. The number of esters is 1. The lowest BCUT2D eigenvalue weighted by atomic mass is 10.1. The molecule has 8 heteroatoms. The number of carbonyl (C=O) groups is 1. The normalized spacial score (nSPS) is 10.7. The number of hydrogen-bond donors (Lipinski definition) is 0. The van der Waals surface area contributed by atoms with E-state index in [1.54, 1.807) is 31.2 Å². The van der Waals surface area contributed by atoms with Crippen LogP contribution in [0.15, 0.2) is 80.7 Å². The van der Waals surface area contributed by atoms with Crippen molar-refractivity contribution in [2.45, 2.75) is 13.5 Å². The highest BCUT2D eigenvalue weighted by atomic mass is 16.5. The summed E-state index contributed by atoms with van der Waals surface area (Å²) < 4.78 is 17.2. The largest absolute Gasteiger partial charge is 0.492 e. The lowest BCUT2D eigenvalue weighted by molar-refractivity contribution is 0.0725.